The van der Waals surface area contributed by atoms with Crippen LogP contribution in [0.3, 0.4) is 0 Å². The van der Waals surface area contributed by atoms with Crippen molar-refractivity contribution in [2.24, 2.45) is 5.16 Å². The lowest BCUT2D eigenvalue weighted by molar-refractivity contribution is -0.119. The van der Waals surface area contributed by atoms with Crippen LogP contribution in [-0.4, -0.2) is 27.4 Å². The van der Waals surface area contributed by atoms with E-state index in [0.29, 0.717) is 10.8 Å². The summed E-state index contributed by atoms with van der Waals surface area (Å²) in [5, 5.41) is 14.9. The van der Waals surface area contributed by atoms with Crippen LogP contribution in [0.5, 0.6) is 0 Å². The monoisotopic (exact) mass is 174 g/mol. The number of rotatable bonds is 0. The molecule has 0 aliphatic carbocycles. The number of amides is 1. The minimum atomic E-state index is -0.519. The summed E-state index contributed by atoms with van der Waals surface area (Å²) in [6, 6.07) is 0. The summed E-state index contributed by atoms with van der Waals surface area (Å²) in [6.45, 7) is 3.60. The molecule has 0 aromatic rings. The number of thioether (sulfide) groups is 1. The molecule has 0 aromatic carbocycles. The number of nitrogens with zero attached hydrogens (tertiary/aromatic N) is 1. The lowest BCUT2D eigenvalue weighted by Gasteiger charge is -2.30. The highest BCUT2D eigenvalue weighted by atomic mass is 32.2. The molecule has 0 bridgehead atoms. The van der Waals surface area contributed by atoms with Crippen molar-refractivity contribution in [3.63, 3.8) is 0 Å². The van der Waals surface area contributed by atoms with Crippen LogP contribution in [0.4, 0.5) is 0 Å². The Morgan fingerprint density at radius 1 is 1.73 bits per heavy atom. The summed E-state index contributed by atoms with van der Waals surface area (Å²) in [5.74, 6) is 0.315. The molecule has 1 amide bonds. The molecule has 5 heteroatoms. The van der Waals surface area contributed by atoms with Crippen molar-refractivity contribution >= 4 is 22.7 Å². The van der Waals surface area contributed by atoms with Crippen molar-refractivity contribution in [2.45, 2.75) is 19.4 Å². The molecule has 62 valence electrons. The molecule has 4 nitrogen and oxygen atoms in total. The van der Waals surface area contributed by atoms with Gasteiger partial charge in [0.1, 0.15) is 5.04 Å². The van der Waals surface area contributed by atoms with Gasteiger partial charge in [0.2, 0.25) is 5.91 Å². The van der Waals surface area contributed by atoms with E-state index in [1.165, 1.54) is 11.8 Å². The van der Waals surface area contributed by atoms with E-state index in [1.54, 1.807) is 13.8 Å². The van der Waals surface area contributed by atoms with Crippen LogP contribution < -0.4 is 5.32 Å². The Morgan fingerprint density at radius 3 is 2.82 bits per heavy atom. The van der Waals surface area contributed by atoms with Gasteiger partial charge >= 0.3 is 0 Å². The quantitative estimate of drug-likeness (QED) is 0.413. The average molecular weight is 174 g/mol. The fourth-order valence-corrected chi connectivity index (χ4v) is 1.72. The number of hydrogen-bond acceptors (Lipinski definition) is 4. The van der Waals surface area contributed by atoms with Gasteiger partial charge in [-0.15, -0.1) is 0 Å². The standard InChI is InChI=1S/C6H10N2O2S/c1-6(2)5(8-10)11-3-4(9)7-6/h10H,3H2,1-2H3,(H,7,9)/b8-5-. The first-order valence-corrected chi connectivity index (χ1v) is 4.21. The van der Waals surface area contributed by atoms with Crippen molar-refractivity contribution in [1.82, 2.24) is 5.32 Å². The zero-order chi connectivity index (χ0) is 8.48. The lowest BCUT2D eigenvalue weighted by atomic mass is 10.1. The lowest BCUT2D eigenvalue weighted by Crippen LogP contribution is -2.53. The Balaban J connectivity index is 2.80. The number of carbonyl (C=O) groups excluding carboxylic acids is 1. The first kappa shape index (κ1) is 8.39. The molecule has 0 atom stereocenters. The second-order valence-corrected chi connectivity index (χ2v) is 3.83. The van der Waals surface area contributed by atoms with Crippen molar-refractivity contribution in [3.05, 3.63) is 0 Å². The first-order chi connectivity index (χ1) is 5.06. The second-order valence-electron chi connectivity index (χ2n) is 2.87. The van der Waals surface area contributed by atoms with Crippen molar-refractivity contribution in [3.8, 4) is 0 Å². The Bertz CT molecular complexity index is 213. The van der Waals surface area contributed by atoms with E-state index in [-0.39, 0.29) is 5.91 Å². The highest BCUT2D eigenvalue weighted by Crippen LogP contribution is 2.21. The summed E-state index contributed by atoms with van der Waals surface area (Å²) in [5.41, 5.74) is -0.519. The van der Waals surface area contributed by atoms with E-state index in [1.807, 2.05) is 0 Å². The summed E-state index contributed by atoms with van der Waals surface area (Å²) in [7, 11) is 0. The van der Waals surface area contributed by atoms with Crippen molar-refractivity contribution in [1.29, 1.82) is 0 Å². The summed E-state index contributed by atoms with van der Waals surface area (Å²) >= 11 is 1.27. The smallest absolute Gasteiger partial charge is 0.231 e. The summed E-state index contributed by atoms with van der Waals surface area (Å²) in [6.07, 6.45) is 0. The number of oxime groups is 1. The van der Waals surface area contributed by atoms with Crippen LogP contribution in [0.1, 0.15) is 13.8 Å². The zero-order valence-corrected chi connectivity index (χ0v) is 7.23. The van der Waals surface area contributed by atoms with Crippen LogP contribution in [0.15, 0.2) is 5.16 Å². The van der Waals surface area contributed by atoms with E-state index in [4.69, 9.17) is 5.21 Å². The van der Waals surface area contributed by atoms with Gasteiger partial charge in [0.25, 0.3) is 0 Å². The van der Waals surface area contributed by atoms with E-state index < -0.39 is 5.54 Å². The highest BCUT2D eigenvalue weighted by Gasteiger charge is 2.32. The third kappa shape index (κ3) is 1.65. The summed E-state index contributed by atoms with van der Waals surface area (Å²) in [4.78, 5) is 10.9. The fourth-order valence-electron chi connectivity index (χ4n) is 0.906. The molecular weight excluding hydrogens is 164 g/mol. The Hall–Kier alpha value is -0.710. The summed E-state index contributed by atoms with van der Waals surface area (Å²) < 4.78 is 0. The zero-order valence-electron chi connectivity index (χ0n) is 6.42. The maximum atomic E-state index is 10.9. The molecule has 2 N–H and O–H groups in total. The Labute approximate surface area is 69.0 Å². The van der Waals surface area contributed by atoms with Crippen LogP contribution in [-0.2, 0) is 4.79 Å². The molecule has 1 aliphatic rings. The fraction of sp³-hybridized carbons (Fsp3) is 0.667. The average Bonchev–Trinajstić information content (AvgIpc) is 1.85. The van der Waals surface area contributed by atoms with Gasteiger partial charge in [-0.1, -0.05) is 16.9 Å². The van der Waals surface area contributed by atoms with Gasteiger partial charge in [-0.2, -0.15) is 0 Å². The third-order valence-corrected chi connectivity index (χ3v) is 2.69. The van der Waals surface area contributed by atoms with E-state index in [0.717, 1.165) is 0 Å². The predicted molar refractivity (Wildman–Crippen MR) is 43.9 cm³/mol. The van der Waals surface area contributed by atoms with E-state index >= 15 is 0 Å². The molecule has 1 rings (SSSR count). The maximum Gasteiger partial charge on any atom is 0.231 e. The van der Waals surface area contributed by atoms with Gasteiger partial charge in [-0.05, 0) is 13.8 Å². The highest BCUT2D eigenvalue weighted by molar-refractivity contribution is 8.14. The van der Waals surface area contributed by atoms with Gasteiger partial charge < -0.3 is 10.5 Å². The molecule has 1 fully saturated rings. The molecule has 1 saturated heterocycles. The SMILES string of the molecule is CC1(C)NC(=O)CS/C1=N\O. The minimum absolute atomic E-state index is 0.0209. The molecule has 0 saturated carbocycles. The van der Waals surface area contributed by atoms with Gasteiger partial charge in [0, 0.05) is 0 Å². The molecule has 0 aromatic heterocycles. The van der Waals surface area contributed by atoms with Gasteiger partial charge in [0.15, 0.2) is 0 Å². The van der Waals surface area contributed by atoms with E-state index in [9.17, 15) is 4.79 Å². The first-order valence-electron chi connectivity index (χ1n) is 3.22. The third-order valence-electron chi connectivity index (χ3n) is 1.42. The molecular formula is C6H10N2O2S. The van der Waals surface area contributed by atoms with Gasteiger partial charge in [-0.25, -0.2) is 0 Å². The van der Waals surface area contributed by atoms with Crippen molar-refractivity contribution in [2.75, 3.05) is 5.75 Å². The molecule has 1 heterocycles. The number of hydrogen-bond donors (Lipinski definition) is 2. The van der Waals surface area contributed by atoms with Crippen LogP contribution in [0, 0.1) is 0 Å². The normalized spacial score (nSPS) is 26.7. The van der Waals surface area contributed by atoms with Crippen LogP contribution in [0.2, 0.25) is 0 Å². The topological polar surface area (TPSA) is 61.7 Å². The minimum Gasteiger partial charge on any atom is -0.410 e. The number of nitrogens with one attached hydrogen (secondary N) is 1. The second kappa shape index (κ2) is 2.73. The van der Waals surface area contributed by atoms with Crippen molar-refractivity contribution < 1.29 is 10.0 Å². The molecule has 0 radical (unpaired) electrons. The largest absolute Gasteiger partial charge is 0.410 e. The molecule has 0 unspecified atom stereocenters. The predicted octanol–water partition coefficient (Wildman–Crippen LogP) is 0.416. The molecule has 0 spiro atoms. The van der Waals surface area contributed by atoms with E-state index in [2.05, 4.69) is 10.5 Å². The van der Waals surface area contributed by atoms with Crippen LogP contribution in [0.25, 0.3) is 0 Å². The molecule has 1 aliphatic heterocycles. The Kier molecular flexibility index (Phi) is 2.08. The van der Waals surface area contributed by atoms with Crippen LogP contribution >= 0.6 is 11.8 Å². The van der Waals surface area contributed by atoms with Gasteiger partial charge in [-0.3, -0.25) is 4.79 Å². The Morgan fingerprint density at radius 2 is 2.36 bits per heavy atom. The number of carbonyl (C=O) groups is 1. The van der Waals surface area contributed by atoms with Gasteiger partial charge in [0.05, 0.1) is 11.3 Å². The maximum absolute atomic E-state index is 10.9. The molecule has 11 heavy (non-hydrogen) atoms.